The van der Waals surface area contributed by atoms with Gasteiger partial charge in [0.1, 0.15) is 17.5 Å². The van der Waals surface area contributed by atoms with Crippen LogP contribution in [0.4, 0.5) is 22.0 Å². The molecule has 1 aromatic heterocycles. The fraction of sp³-hybridized carbons (Fsp3) is 0.364. The quantitative estimate of drug-likeness (QED) is 0.635. The lowest BCUT2D eigenvalue weighted by molar-refractivity contribution is -0.143. The number of carbonyl (C=O) groups excluding carboxylic acids is 1. The Hall–Kier alpha value is -2.24. The summed E-state index contributed by atoms with van der Waals surface area (Å²) in [6, 6.07) is 1.79. The zero-order valence-corrected chi connectivity index (χ0v) is 9.96. The lowest BCUT2D eigenvalue weighted by Crippen LogP contribution is -2.18. The number of pyridine rings is 1. The number of carbonyl (C=O) groups is 1. The second-order valence-electron chi connectivity index (χ2n) is 3.59. The van der Waals surface area contributed by atoms with Gasteiger partial charge in [0.05, 0.1) is 13.5 Å². The third-order valence-corrected chi connectivity index (χ3v) is 2.33. The van der Waals surface area contributed by atoms with Crippen molar-refractivity contribution in [2.24, 2.45) is 0 Å². The van der Waals surface area contributed by atoms with Crippen molar-refractivity contribution in [3.63, 3.8) is 0 Å². The summed E-state index contributed by atoms with van der Waals surface area (Å²) in [5, 5.41) is 8.54. The van der Waals surface area contributed by atoms with E-state index in [4.69, 9.17) is 5.26 Å². The van der Waals surface area contributed by atoms with Crippen molar-refractivity contribution in [1.82, 2.24) is 4.98 Å². The summed E-state index contributed by atoms with van der Waals surface area (Å²) >= 11 is 0. The normalized spacial score (nSPS) is 11.3. The molecule has 1 rings (SSSR count). The number of alkyl halides is 5. The van der Waals surface area contributed by atoms with E-state index in [1.165, 1.54) is 6.07 Å². The highest BCUT2D eigenvalue weighted by Crippen LogP contribution is 2.35. The molecule has 0 fully saturated rings. The number of halogens is 5. The molecule has 0 aromatic carbocycles. The summed E-state index contributed by atoms with van der Waals surface area (Å²) < 4.78 is 68.2. The zero-order chi connectivity index (χ0) is 15.5. The molecule has 0 spiro atoms. The minimum atomic E-state index is -5.07. The van der Waals surface area contributed by atoms with Gasteiger partial charge in [-0.05, 0) is 6.07 Å². The highest BCUT2D eigenvalue weighted by molar-refractivity contribution is 5.73. The summed E-state index contributed by atoms with van der Waals surface area (Å²) in [7, 11) is 0.911. The molecule has 20 heavy (non-hydrogen) atoms. The summed E-state index contributed by atoms with van der Waals surface area (Å²) in [4.78, 5) is 14.0. The lowest BCUT2D eigenvalue weighted by Gasteiger charge is -2.15. The molecular weight excluding hydrogens is 287 g/mol. The Morgan fingerprint density at radius 3 is 2.50 bits per heavy atom. The van der Waals surface area contributed by atoms with Crippen LogP contribution in [0.15, 0.2) is 6.07 Å². The van der Waals surface area contributed by atoms with Gasteiger partial charge in [0.15, 0.2) is 0 Å². The van der Waals surface area contributed by atoms with E-state index >= 15 is 0 Å². The van der Waals surface area contributed by atoms with E-state index in [1.807, 2.05) is 0 Å². The molecule has 9 heteroatoms. The average Bonchev–Trinajstić information content (AvgIpc) is 2.36. The van der Waals surface area contributed by atoms with Gasteiger partial charge in [0, 0.05) is 11.1 Å². The summed E-state index contributed by atoms with van der Waals surface area (Å²) in [5.74, 6) is -1.12. The number of rotatable bonds is 3. The Balaban J connectivity index is 3.57. The molecule has 0 saturated carbocycles. The molecule has 0 N–H and O–H groups in total. The minimum Gasteiger partial charge on any atom is -0.469 e. The van der Waals surface area contributed by atoms with E-state index in [9.17, 15) is 26.7 Å². The van der Waals surface area contributed by atoms with Gasteiger partial charge in [-0.15, -0.1) is 0 Å². The van der Waals surface area contributed by atoms with Crippen LogP contribution in [0.3, 0.4) is 0 Å². The number of hydrogen-bond acceptors (Lipinski definition) is 4. The third-order valence-electron chi connectivity index (χ3n) is 2.33. The molecule has 0 unspecified atom stereocenters. The first-order valence-electron chi connectivity index (χ1n) is 5.06. The monoisotopic (exact) mass is 294 g/mol. The molecule has 1 aromatic rings. The van der Waals surface area contributed by atoms with Crippen LogP contribution < -0.4 is 0 Å². The number of aromatic nitrogens is 1. The van der Waals surface area contributed by atoms with Crippen LogP contribution in [0.2, 0.25) is 0 Å². The van der Waals surface area contributed by atoms with Gasteiger partial charge < -0.3 is 4.74 Å². The van der Waals surface area contributed by atoms with E-state index in [1.54, 1.807) is 0 Å². The third kappa shape index (κ3) is 3.40. The van der Waals surface area contributed by atoms with Crippen molar-refractivity contribution in [1.29, 1.82) is 5.26 Å². The van der Waals surface area contributed by atoms with Crippen molar-refractivity contribution in [3.8, 4) is 6.07 Å². The Morgan fingerprint density at radius 2 is 2.10 bits per heavy atom. The number of nitrogens with zero attached hydrogens (tertiary/aromatic N) is 2. The molecule has 4 nitrogen and oxygen atoms in total. The van der Waals surface area contributed by atoms with E-state index in [2.05, 4.69) is 9.72 Å². The lowest BCUT2D eigenvalue weighted by atomic mass is 10.0. The second-order valence-corrected chi connectivity index (χ2v) is 3.59. The maximum Gasteiger partial charge on any atom is 0.433 e. The van der Waals surface area contributed by atoms with E-state index < -0.39 is 47.5 Å². The SMILES string of the molecule is COC(=O)Cc1c(C(F)F)cc(C#N)nc1C(F)(F)F. The molecule has 0 aliphatic rings. The van der Waals surface area contributed by atoms with Gasteiger partial charge in [-0.1, -0.05) is 0 Å². The standard InChI is InChI=1S/C11H7F5N2O2/c1-20-8(19)3-6-7(10(12)13)2-5(4-17)18-9(6)11(14,15)16/h2,10H,3H2,1H3. The second kappa shape index (κ2) is 5.81. The average molecular weight is 294 g/mol. The molecule has 0 saturated heterocycles. The van der Waals surface area contributed by atoms with Crippen LogP contribution in [-0.4, -0.2) is 18.1 Å². The van der Waals surface area contributed by atoms with Crippen molar-refractivity contribution < 1.29 is 31.5 Å². The maximum atomic E-state index is 12.8. The predicted octanol–water partition coefficient (Wildman–Crippen LogP) is 2.63. The van der Waals surface area contributed by atoms with E-state index in [0.717, 1.165) is 7.11 Å². The topological polar surface area (TPSA) is 63.0 Å². The molecule has 0 aliphatic carbocycles. The molecule has 0 atom stereocenters. The number of nitriles is 1. The molecule has 108 valence electrons. The van der Waals surface area contributed by atoms with Gasteiger partial charge in [0.25, 0.3) is 6.43 Å². The summed E-state index contributed by atoms with van der Waals surface area (Å²) in [5.41, 5.74) is -4.54. The molecule has 0 amide bonds. The van der Waals surface area contributed by atoms with Gasteiger partial charge in [-0.25, -0.2) is 13.8 Å². The fourth-order valence-corrected chi connectivity index (χ4v) is 1.48. The van der Waals surface area contributed by atoms with Crippen molar-refractivity contribution in [3.05, 3.63) is 28.6 Å². The largest absolute Gasteiger partial charge is 0.469 e. The fourth-order valence-electron chi connectivity index (χ4n) is 1.48. The van der Waals surface area contributed by atoms with Gasteiger partial charge in [-0.3, -0.25) is 4.79 Å². The van der Waals surface area contributed by atoms with Crippen molar-refractivity contribution in [2.45, 2.75) is 19.0 Å². The Bertz CT molecular complexity index is 563. The van der Waals surface area contributed by atoms with Crippen molar-refractivity contribution in [2.75, 3.05) is 7.11 Å². The van der Waals surface area contributed by atoms with Gasteiger partial charge in [-0.2, -0.15) is 18.4 Å². The number of esters is 1. The summed E-state index contributed by atoms with van der Waals surface area (Å²) in [6.07, 6.45) is -9.37. The Kier molecular flexibility index (Phi) is 4.60. The molecule has 0 bridgehead atoms. The number of hydrogen-bond donors (Lipinski definition) is 0. The Morgan fingerprint density at radius 1 is 1.50 bits per heavy atom. The first-order valence-corrected chi connectivity index (χ1v) is 5.06. The highest BCUT2D eigenvalue weighted by Gasteiger charge is 2.38. The molecule has 0 radical (unpaired) electrons. The predicted molar refractivity (Wildman–Crippen MR) is 54.6 cm³/mol. The first kappa shape index (κ1) is 15.8. The van der Waals surface area contributed by atoms with Crippen LogP contribution >= 0.6 is 0 Å². The number of methoxy groups -OCH3 is 1. The Labute approximate surface area is 109 Å². The van der Waals surface area contributed by atoms with Gasteiger partial charge in [0.2, 0.25) is 0 Å². The van der Waals surface area contributed by atoms with E-state index in [-0.39, 0.29) is 0 Å². The van der Waals surface area contributed by atoms with Crippen LogP contribution in [0.1, 0.15) is 28.9 Å². The first-order chi connectivity index (χ1) is 9.20. The highest BCUT2D eigenvalue weighted by atomic mass is 19.4. The van der Waals surface area contributed by atoms with Crippen LogP contribution in [0.25, 0.3) is 0 Å². The minimum absolute atomic E-state index is 0.526. The smallest absolute Gasteiger partial charge is 0.433 e. The zero-order valence-electron chi connectivity index (χ0n) is 9.96. The van der Waals surface area contributed by atoms with E-state index in [0.29, 0.717) is 6.07 Å². The van der Waals surface area contributed by atoms with Crippen LogP contribution in [-0.2, 0) is 22.1 Å². The van der Waals surface area contributed by atoms with Crippen LogP contribution in [0.5, 0.6) is 0 Å². The molecule has 0 aliphatic heterocycles. The summed E-state index contributed by atoms with van der Waals surface area (Å²) in [6.45, 7) is 0. The van der Waals surface area contributed by atoms with Crippen molar-refractivity contribution >= 4 is 5.97 Å². The molecule has 1 heterocycles. The van der Waals surface area contributed by atoms with Crippen LogP contribution in [0, 0.1) is 11.3 Å². The number of ether oxygens (including phenoxy) is 1. The van der Waals surface area contributed by atoms with Gasteiger partial charge >= 0.3 is 12.1 Å². The molecular formula is C11H7F5N2O2. The maximum absolute atomic E-state index is 12.8.